The number of alkyl carbamates (subject to hydrolysis) is 1. The Morgan fingerprint density at radius 3 is 2.50 bits per heavy atom. The molecule has 0 bridgehead atoms. The Morgan fingerprint density at radius 2 is 1.91 bits per heavy atom. The van der Waals surface area contributed by atoms with Crippen molar-refractivity contribution in [3.63, 3.8) is 0 Å². The number of carboxylic acids is 1. The number of carbonyl (C=O) groups is 4. The van der Waals surface area contributed by atoms with Gasteiger partial charge in [-0.1, -0.05) is 19.1 Å². The first-order valence-corrected chi connectivity index (χ1v) is 12.7. The second-order valence-electron chi connectivity index (χ2n) is 10.7. The van der Waals surface area contributed by atoms with Gasteiger partial charge >= 0.3 is 12.1 Å². The summed E-state index contributed by atoms with van der Waals surface area (Å²) in [5, 5.41) is 15.3. The number of rotatable bonds is 2. The van der Waals surface area contributed by atoms with Crippen molar-refractivity contribution in [1.82, 2.24) is 15.5 Å². The van der Waals surface area contributed by atoms with Crippen molar-refractivity contribution in [3.8, 4) is 0 Å². The van der Waals surface area contributed by atoms with Crippen LogP contribution >= 0.6 is 11.8 Å². The van der Waals surface area contributed by atoms with Gasteiger partial charge in [-0.2, -0.15) is 11.8 Å². The van der Waals surface area contributed by atoms with E-state index in [0.29, 0.717) is 31.6 Å². The van der Waals surface area contributed by atoms with Gasteiger partial charge in [-0.05, 0) is 66.6 Å². The highest BCUT2D eigenvalue weighted by Gasteiger charge is 2.47. The molecule has 0 radical (unpaired) electrons. The third kappa shape index (κ3) is 6.67. The minimum Gasteiger partial charge on any atom is -0.479 e. The van der Waals surface area contributed by atoms with Crippen molar-refractivity contribution in [1.29, 1.82) is 0 Å². The lowest BCUT2D eigenvalue weighted by molar-refractivity contribution is -0.150. The molecule has 192 valence electrons. The topological polar surface area (TPSA) is 125 Å². The zero-order valence-electron chi connectivity index (χ0n) is 21.3. The lowest BCUT2D eigenvalue weighted by Gasteiger charge is -2.38. The molecule has 4 atom stereocenters. The predicted octanol–water partition coefficient (Wildman–Crippen LogP) is 2.94. The minimum atomic E-state index is -1.52. The molecule has 0 saturated carbocycles. The van der Waals surface area contributed by atoms with E-state index in [9.17, 15) is 24.3 Å². The number of nitrogens with zero attached hydrogens (tertiary/aromatic N) is 1. The zero-order valence-corrected chi connectivity index (χ0v) is 22.1. The van der Waals surface area contributed by atoms with Crippen LogP contribution in [0.2, 0.25) is 0 Å². The van der Waals surface area contributed by atoms with E-state index < -0.39 is 51.9 Å². The van der Waals surface area contributed by atoms with Gasteiger partial charge < -0.3 is 25.4 Å². The molecule has 0 aromatic rings. The SMILES string of the molecule is C[C@H]1/C=C/CCSC(C)(C)C(NC(=O)OC(C)(C)C)C(=O)N2CCC[C@H]2C(=O)NC1(C)C(=O)O. The van der Waals surface area contributed by atoms with Gasteiger partial charge in [0.15, 0.2) is 0 Å². The van der Waals surface area contributed by atoms with Crippen LogP contribution in [0.3, 0.4) is 0 Å². The van der Waals surface area contributed by atoms with Gasteiger partial charge in [0.1, 0.15) is 23.2 Å². The summed E-state index contributed by atoms with van der Waals surface area (Å²) in [7, 11) is 0. The summed E-state index contributed by atoms with van der Waals surface area (Å²) in [4.78, 5) is 53.2. The third-order valence-corrected chi connectivity index (χ3v) is 7.78. The van der Waals surface area contributed by atoms with Crippen molar-refractivity contribution in [3.05, 3.63) is 12.2 Å². The molecule has 0 aromatic heterocycles. The van der Waals surface area contributed by atoms with Crippen LogP contribution in [0.4, 0.5) is 4.79 Å². The Morgan fingerprint density at radius 1 is 1.26 bits per heavy atom. The summed E-state index contributed by atoms with van der Waals surface area (Å²) in [5.74, 6) is -1.81. The van der Waals surface area contributed by atoms with Gasteiger partial charge in [-0.15, -0.1) is 0 Å². The molecule has 34 heavy (non-hydrogen) atoms. The molecule has 1 fully saturated rings. The van der Waals surface area contributed by atoms with Crippen molar-refractivity contribution >= 4 is 35.6 Å². The Bertz CT molecular complexity index is 837. The standard InChI is InChI=1S/C24H39N3O6S/c1-15-11-8-9-14-34-23(5,6)17(25-21(32)33-22(2,3)4)19(29)27-13-10-12-16(27)18(28)26-24(15,7)20(30)31/h8,11,15-17H,9-10,12-14H2,1-7H3,(H,25,32)(H,26,28)(H,30,31)/b11-8+/t15-,16-,17?,24?/m0/s1. The van der Waals surface area contributed by atoms with Gasteiger partial charge in [-0.25, -0.2) is 9.59 Å². The number of hydrogen-bond donors (Lipinski definition) is 3. The summed E-state index contributed by atoms with van der Waals surface area (Å²) in [6, 6.07) is -1.74. The first-order valence-electron chi connectivity index (χ1n) is 11.7. The summed E-state index contributed by atoms with van der Waals surface area (Å²) < 4.78 is 4.72. The summed E-state index contributed by atoms with van der Waals surface area (Å²) in [6.45, 7) is 12.6. The number of thioether (sulfide) groups is 1. The maximum atomic E-state index is 13.8. The fourth-order valence-corrected chi connectivity index (χ4v) is 5.20. The number of carboxylic acid groups (broad SMARTS) is 1. The van der Waals surface area contributed by atoms with Crippen LogP contribution in [0.25, 0.3) is 0 Å². The Labute approximate surface area is 206 Å². The van der Waals surface area contributed by atoms with E-state index in [1.54, 1.807) is 27.7 Å². The van der Waals surface area contributed by atoms with Gasteiger partial charge in [0, 0.05) is 17.2 Å². The maximum Gasteiger partial charge on any atom is 0.408 e. The largest absolute Gasteiger partial charge is 0.479 e. The number of allylic oxidation sites excluding steroid dienone is 1. The molecule has 3 amide bonds. The van der Waals surface area contributed by atoms with E-state index in [1.807, 2.05) is 26.0 Å². The number of ether oxygens (including phenoxy) is 1. The monoisotopic (exact) mass is 497 g/mol. The number of amides is 3. The van der Waals surface area contributed by atoms with Gasteiger partial charge in [0.25, 0.3) is 0 Å². The lowest BCUT2D eigenvalue weighted by atomic mass is 9.86. The molecule has 2 aliphatic rings. The first kappa shape index (κ1) is 28.0. The number of aliphatic carboxylic acids is 1. The fourth-order valence-electron chi connectivity index (χ4n) is 4.09. The molecule has 0 aromatic carbocycles. The highest BCUT2D eigenvalue weighted by molar-refractivity contribution is 8.00. The van der Waals surface area contributed by atoms with Gasteiger partial charge in [0.05, 0.1) is 0 Å². The van der Waals surface area contributed by atoms with E-state index in [1.165, 1.54) is 23.6 Å². The smallest absolute Gasteiger partial charge is 0.408 e. The summed E-state index contributed by atoms with van der Waals surface area (Å²) >= 11 is 1.53. The quantitative estimate of drug-likeness (QED) is 0.501. The molecule has 3 N–H and O–H groups in total. The van der Waals surface area contributed by atoms with Crippen molar-refractivity contribution in [2.24, 2.45) is 5.92 Å². The molecule has 2 heterocycles. The molecule has 0 spiro atoms. The van der Waals surface area contributed by atoms with Crippen molar-refractivity contribution in [2.45, 2.75) is 95.7 Å². The normalized spacial score (nSPS) is 31.6. The average molecular weight is 498 g/mol. The van der Waals surface area contributed by atoms with Gasteiger partial charge in [-0.3, -0.25) is 9.59 Å². The van der Waals surface area contributed by atoms with Crippen LogP contribution in [-0.2, 0) is 19.1 Å². The van der Waals surface area contributed by atoms with Gasteiger partial charge in [0.2, 0.25) is 11.8 Å². The van der Waals surface area contributed by atoms with Crippen LogP contribution in [-0.4, -0.2) is 74.2 Å². The van der Waals surface area contributed by atoms with Crippen LogP contribution < -0.4 is 10.6 Å². The van der Waals surface area contributed by atoms with Crippen LogP contribution in [0.1, 0.15) is 67.7 Å². The second kappa shape index (κ2) is 10.6. The Balaban J connectivity index is 2.44. The summed E-state index contributed by atoms with van der Waals surface area (Å²) in [5.41, 5.74) is -2.25. The zero-order chi connectivity index (χ0) is 25.9. The fraction of sp³-hybridized carbons (Fsp3) is 0.750. The number of carbonyl (C=O) groups excluding carboxylic acids is 3. The predicted molar refractivity (Wildman–Crippen MR) is 132 cm³/mol. The van der Waals surface area contributed by atoms with E-state index in [2.05, 4.69) is 10.6 Å². The van der Waals surface area contributed by atoms with E-state index in [0.717, 1.165) is 0 Å². The Hall–Kier alpha value is -2.23. The lowest BCUT2D eigenvalue weighted by Crippen LogP contribution is -2.63. The van der Waals surface area contributed by atoms with E-state index in [4.69, 9.17) is 4.74 Å². The molecule has 9 nitrogen and oxygen atoms in total. The maximum absolute atomic E-state index is 13.8. The van der Waals surface area contributed by atoms with Crippen LogP contribution in [0.15, 0.2) is 12.2 Å². The molecule has 0 aliphatic carbocycles. The molecule has 10 heteroatoms. The highest BCUT2D eigenvalue weighted by Crippen LogP contribution is 2.33. The average Bonchev–Trinajstić information content (AvgIpc) is 3.18. The van der Waals surface area contributed by atoms with Crippen molar-refractivity contribution in [2.75, 3.05) is 12.3 Å². The number of hydrogen-bond acceptors (Lipinski definition) is 6. The Kier molecular flexibility index (Phi) is 8.72. The van der Waals surface area contributed by atoms with Crippen LogP contribution in [0.5, 0.6) is 0 Å². The van der Waals surface area contributed by atoms with E-state index in [-0.39, 0.29) is 5.91 Å². The minimum absolute atomic E-state index is 0.351. The highest BCUT2D eigenvalue weighted by atomic mass is 32.2. The third-order valence-electron chi connectivity index (χ3n) is 6.36. The molecule has 2 rings (SSSR count). The molecule has 2 unspecified atom stereocenters. The number of fused-ring (bicyclic) bond motifs is 1. The molecule has 1 saturated heterocycles. The number of nitrogens with one attached hydrogen (secondary N) is 2. The molecular weight excluding hydrogens is 458 g/mol. The van der Waals surface area contributed by atoms with E-state index >= 15 is 0 Å². The summed E-state index contributed by atoms with van der Waals surface area (Å²) in [6.07, 6.45) is 4.67. The second-order valence-corrected chi connectivity index (χ2v) is 12.5. The molecular formula is C24H39N3O6S. The van der Waals surface area contributed by atoms with Crippen molar-refractivity contribution < 1.29 is 29.0 Å². The first-order chi connectivity index (χ1) is 15.6. The molecule has 2 aliphatic heterocycles. The van der Waals surface area contributed by atoms with Crippen LogP contribution in [0, 0.1) is 5.92 Å².